The van der Waals surface area contributed by atoms with E-state index < -0.39 is 0 Å². The van der Waals surface area contributed by atoms with Crippen LogP contribution in [0, 0.1) is 3.57 Å². The molecule has 2 heterocycles. The third-order valence-electron chi connectivity index (χ3n) is 2.27. The first-order valence-electron chi connectivity index (χ1n) is 4.95. The zero-order valence-corrected chi connectivity index (χ0v) is 11.8. The number of hydrogen-bond acceptors (Lipinski definition) is 6. The molecule has 0 amide bonds. The summed E-state index contributed by atoms with van der Waals surface area (Å²) < 4.78 is 6.15. The van der Waals surface area contributed by atoms with Crippen molar-refractivity contribution in [3.8, 4) is 27.9 Å². The third kappa shape index (κ3) is 2.10. The fourth-order valence-electron chi connectivity index (χ4n) is 1.44. The van der Waals surface area contributed by atoms with Gasteiger partial charge in [-0.25, -0.2) is 0 Å². The molecule has 5 nitrogen and oxygen atoms in total. The highest BCUT2D eigenvalue weighted by molar-refractivity contribution is 14.1. The minimum Gasteiger partial charge on any atom is -0.507 e. The average Bonchev–Trinajstić information content (AvgIpc) is 3.00. The van der Waals surface area contributed by atoms with Gasteiger partial charge < -0.3 is 9.63 Å². The van der Waals surface area contributed by atoms with Crippen molar-refractivity contribution in [2.24, 2.45) is 0 Å². The lowest BCUT2D eigenvalue weighted by Crippen LogP contribution is -1.81. The van der Waals surface area contributed by atoms with Gasteiger partial charge in [0.05, 0.1) is 16.0 Å². The van der Waals surface area contributed by atoms with Crippen LogP contribution in [0.4, 0.5) is 0 Å². The molecular weight excluding hydrogens is 365 g/mol. The summed E-state index contributed by atoms with van der Waals surface area (Å²) in [5, 5.41) is 13.7. The number of thiazole rings is 1. The van der Waals surface area contributed by atoms with Gasteiger partial charge in [-0.05, 0) is 40.8 Å². The molecule has 18 heavy (non-hydrogen) atoms. The van der Waals surface area contributed by atoms with Crippen LogP contribution in [0.25, 0.3) is 22.2 Å². The van der Waals surface area contributed by atoms with Crippen molar-refractivity contribution < 1.29 is 9.63 Å². The smallest absolute Gasteiger partial charge is 0.262 e. The zero-order valence-electron chi connectivity index (χ0n) is 8.87. The van der Waals surface area contributed by atoms with Crippen LogP contribution >= 0.6 is 33.9 Å². The predicted octanol–water partition coefficient (Wildman–Crippen LogP) is 3.17. The number of phenols is 1. The molecular formula is C11H6IN3O2S. The molecule has 0 spiro atoms. The number of aromatic hydroxyl groups is 1. The van der Waals surface area contributed by atoms with E-state index in [9.17, 15) is 5.11 Å². The maximum Gasteiger partial charge on any atom is 0.262 e. The van der Waals surface area contributed by atoms with Crippen LogP contribution in [0.3, 0.4) is 0 Å². The first kappa shape index (κ1) is 11.6. The van der Waals surface area contributed by atoms with Gasteiger partial charge in [0.25, 0.3) is 5.89 Å². The summed E-state index contributed by atoms with van der Waals surface area (Å²) in [4.78, 5) is 9.04. The van der Waals surface area contributed by atoms with Gasteiger partial charge in [-0.1, -0.05) is 5.16 Å². The molecule has 1 N–H and O–H groups in total. The summed E-state index contributed by atoms with van der Waals surface area (Å²) in [7, 11) is 0. The lowest BCUT2D eigenvalue weighted by molar-refractivity contribution is 0.426. The van der Waals surface area contributed by atoms with E-state index in [1.165, 1.54) is 11.3 Å². The fraction of sp³-hybridized carbons (Fsp3) is 0. The Morgan fingerprint density at radius 1 is 1.33 bits per heavy atom. The topological polar surface area (TPSA) is 72.0 Å². The Balaban J connectivity index is 2.05. The Bertz CT molecular complexity index is 681. The summed E-state index contributed by atoms with van der Waals surface area (Å²) in [6, 6.07) is 5.20. The molecule has 3 aromatic rings. The molecule has 0 aliphatic heterocycles. The first-order chi connectivity index (χ1) is 8.74. The van der Waals surface area contributed by atoms with Crippen molar-refractivity contribution in [3.63, 3.8) is 0 Å². The molecule has 0 unspecified atom stereocenters. The van der Waals surface area contributed by atoms with Gasteiger partial charge in [0.15, 0.2) is 0 Å². The highest BCUT2D eigenvalue weighted by Crippen LogP contribution is 2.31. The van der Waals surface area contributed by atoms with Crippen molar-refractivity contribution in [3.05, 3.63) is 33.5 Å². The van der Waals surface area contributed by atoms with Crippen LogP contribution < -0.4 is 0 Å². The van der Waals surface area contributed by atoms with Crippen LogP contribution in [0.5, 0.6) is 5.75 Å². The maximum atomic E-state index is 9.79. The minimum atomic E-state index is 0.120. The Labute approximate surface area is 120 Å². The summed E-state index contributed by atoms with van der Waals surface area (Å²) in [5.74, 6) is 0.898. The number of nitrogens with zero attached hydrogens (tertiary/aromatic N) is 3. The molecule has 0 saturated carbocycles. The van der Waals surface area contributed by atoms with Crippen molar-refractivity contribution in [1.82, 2.24) is 15.1 Å². The quantitative estimate of drug-likeness (QED) is 0.701. The van der Waals surface area contributed by atoms with Crippen LogP contribution in [0.15, 0.2) is 34.4 Å². The lowest BCUT2D eigenvalue weighted by Gasteiger charge is -1.99. The third-order valence-corrected chi connectivity index (χ3v) is 3.71. The van der Waals surface area contributed by atoms with Crippen LogP contribution in [-0.2, 0) is 0 Å². The molecule has 1 aromatic carbocycles. The van der Waals surface area contributed by atoms with Gasteiger partial charge in [0.1, 0.15) is 5.75 Å². The second-order valence-electron chi connectivity index (χ2n) is 3.45. The molecule has 0 saturated heterocycles. The van der Waals surface area contributed by atoms with Gasteiger partial charge in [0, 0.05) is 9.77 Å². The Kier molecular flexibility index (Phi) is 3.00. The van der Waals surface area contributed by atoms with Gasteiger partial charge >= 0.3 is 0 Å². The molecule has 3 rings (SSSR count). The van der Waals surface area contributed by atoms with Crippen LogP contribution in [0.1, 0.15) is 0 Å². The zero-order chi connectivity index (χ0) is 12.5. The minimum absolute atomic E-state index is 0.120. The second kappa shape index (κ2) is 4.65. The Hall–Kier alpha value is -1.48. The second-order valence-corrected chi connectivity index (χ2v) is 5.58. The normalized spacial score (nSPS) is 10.7. The average molecular weight is 371 g/mol. The summed E-state index contributed by atoms with van der Waals surface area (Å²) >= 11 is 3.59. The number of hydrogen-bond donors (Lipinski definition) is 1. The highest BCUT2D eigenvalue weighted by Gasteiger charge is 2.15. The number of rotatable bonds is 2. The predicted molar refractivity (Wildman–Crippen MR) is 75.2 cm³/mol. The van der Waals surface area contributed by atoms with Crippen molar-refractivity contribution >= 4 is 33.9 Å². The summed E-state index contributed by atoms with van der Waals surface area (Å²) in [6.07, 6.45) is 1.67. The van der Waals surface area contributed by atoms with Crippen molar-refractivity contribution in [2.45, 2.75) is 0 Å². The van der Waals surface area contributed by atoms with E-state index in [4.69, 9.17) is 4.52 Å². The van der Waals surface area contributed by atoms with E-state index in [0.717, 1.165) is 8.45 Å². The highest BCUT2D eigenvalue weighted by atomic mass is 127. The van der Waals surface area contributed by atoms with Crippen molar-refractivity contribution in [2.75, 3.05) is 0 Å². The molecule has 0 aliphatic carbocycles. The molecule has 90 valence electrons. The van der Waals surface area contributed by atoms with Crippen LogP contribution in [0.2, 0.25) is 0 Å². The van der Waals surface area contributed by atoms with Gasteiger partial charge in [-0.3, -0.25) is 4.98 Å². The molecule has 0 aliphatic rings. The molecule has 0 fully saturated rings. The monoisotopic (exact) mass is 371 g/mol. The van der Waals surface area contributed by atoms with Gasteiger partial charge in [0.2, 0.25) is 5.82 Å². The fourth-order valence-corrected chi connectivity index (χ4v) is 2.48. The first-order valence-corrected chi connectivity index (χ1v) is 6.91. The standard InChI is InChI=1S/C11H6IN3O2S/c12-6-1-2-8(16)7(3-6)11-14-10(15-17-11)9-4-13-5-18-9/h1-5,16H. The van der Waals surface area contributed by atoms with E-state index >= 15 is 0 Å². The van der Waals surface area contributed by atoms with E-state index in [1.54, 1.807) is 29.9 Å². The number of halogens is 1. The Morgan fingerprint density at radius 3 is 3.00 bits per heavy atom. The van der Waals surface area contributed by atoms with E-state index in [1.807, 2.05) is 0 Å². The Morgan fingerprint density at radius 2 is 2.22 bits per heavy atom. The number of phenolic OH excluding ortho intramolecular Hbond substituents is 1. The summed E-state index contributed by atoms with van der Waals surface area (Å²) in [5.41, 5.74) is 2.24. The number of aromatic nitrogens is 3. The van der Waals surface area contributed by atoms with E-state index in [2.05, 4.69) is 37.7 Å². The number of benzene rings is 1. The molecule has 0 bridgehead atoms. The summed E-state index contributed by atoms with van der Waals surface area (Å²) in [6.45, 7) is 0. The lowest BCUT2D eigenvalue weighted by atomic mass is 10.2. The van der Waals surface area contributed by atoms with E-state index in [-0.39, 0.29) is 5.75 Å². The largest absolute Gasteiger partial charge is 0.507 e. The SMILES string of the molecule is Oc1ccc(I)cc1-c1nc(-c2cncs2)no1. The molecule has 2 aromatic heterocycles. The van der Waals surface area contributed by atoms with Gasteiger partial charge in [-0.15, -0.1) is 11.3 Å². The molecule has 0 radical (unpaired) electrons. The maximum absolute atomic E-state index is 9.79. The molecule has 7 heteroatoms. The van der Waals surface area contributed by atoms with Gasteiger partial charge in [-0.2, -0.15) is 4.98 Å². The molecule has 0 atom stereocenters. The van der Waals surface area contributed by atoms with E-state index in [0.29, 0.717) is 17.3 Å². The van der Waals surface area contributed by atoms with Crippen LogP contribution in [-0.4, -0.2) is 20.2 Å². The van der Waals surface area contributed by atoms with Crippen molar-refractivity contribution in [1.29, 1.82) is 0 Å².